The highest BCUT2D eigenvalue weighted by atomic mass is 35.5. The van der Waals surface area contributed by atoms with Crippen molar-refractivity contribution in [1.29, 1.82) is 0 Å². The fraction of sp³-hybridized carbons (Fsp3) is 0.214. The maximum absolute atomic E-state index is 13.2. The van der Waals surface area contributed by atoms with Gasteiger partial charge in [0.2, 0.25) is 5.91 Å². The lowest BCUT2D eigenvalue weighted by atomic mass is 10.0. The molecule has 0 saturated heterocycles. The summed E-state index contributed by atoms with van der Waals surface area (Å²) in [7, 11) is 0. The van der Waals surface area contributed by atoms with E-state index in [0.29, 0.717) is 16.6 Å². The second kappa shape index (κ2) is 11.7. The number of rotatable bonds is 9. The Hall–Kier alpha value is -4.17. The molecule has 0 bridgehead atoms. The Kier molecular flexibility index (Phi) is 8.20. The summed E-state index contributed by atoms with van der Waals surface area (Å²) in [6, 6.07) is 18.9. The zero-order valence-electron chi connectivity index (χ0n) is 19.9. The van der Waals surface area contributed by atoms with E-state index in [2.05, 4.69) is 16.0 Å². The van der Waals surface area contributed by atoms with Crippen LogP contribution in [0.4, 0.5) is 11.4 Å². The standard InChI is InChI=1S/C28H26ClN3O5/c29-20-13-12-19(14-18-10-11-18)23(16-20)31-26(34)27(35)32-24(15-17-6-2-1-3-7-17)25(33)30-22-9-5-4-8-21(22)28(36)37/h1-9,12-13,16,18,24H,10-11,14-15H2,(H,30,33)(H,31,34)(H,32,35)(H,36,37). The minimum atomic E-state index is -1.21. The first-order chi connectivity index (χ1) is 17.8. The quantitative estimate of drug-likeness (QED) is 0.314. The largest absolute Gasteiger partial charge is 0.478 e. The predicted molar refractivity (Wildman–Crippen MR) is 141 cm³/mol. The van der Waals surface area contributed by atoms with Crippen molar-refractivity contribution in [1.82, 2.24) is 5.32 Å². The van der Waals surface area contributed by atoms with Gasteiger partial charge in [-0.1, -0.05) is 60.1 Å². The third kappa shape index (κ3) is 7.17. The van der Waals surface area contributed by atoms with E-state index >= 15 is 0 Å². The van der Waals surface area contributed by atoms with E-state index < -0.39 is 29.7 Å². The zero-order valence-corrected chi connectivity index (χ0v) is 20.6. The Morgan fingerprint density at radius 3 is 2.27 bits per heavy atom. The number of anilines is 2. The van der Waals surface area contributed by atoms with Crippen molar-refractivity contribution in [2.24, 2.45) is 5.92 Å². The van der Waals surface area contributed by atoms with Crippen molar-refractivity contribution < 1.29 is 24.3 Å². The number of benzene rings is 3. The first-order valence-corrected chi connectivity index (χ1v) is 12.3. The summed E-state index contributed by atoms with van der Waals surface area (Å²) in [5.41, 5.74) is 2.08. The van der Waals surface area contributed by atoms with Crippen LogP contribution >= 0.6 is 11.6 Å². The van der Waals surface area contributed by atoms with E-state index in [1.165, 1.54) is 12.1 Å². The number of carboxylic acids is 1. The fourth-order valence-corrected chi connectivity index (χ4v) is 4.11. The molecule has 4 rings (SSSR count). The first kappa shape index (κ1) is 25.9. The number of nitrogens with one attached hydrogen (secondary N) is 3. The minimum absolute atomic E-state index is 0.0837. The van der Waals surface area contributed by atoms with Crippen LogP contribution in [0, 0.1) is 5.92 Å². The Balaban J connectivity index is 1.50. The Morgan fingerprint density at radius 1 is 0.865 bits per heavy atom. The number of amides is 3. The fourth-order valence-electron chi connectivity index (χ4n) is 3.94. The molecular weight excluding hydrogens is 494 g/mol. The first-order valence-electron chi connectivity index (χ1n) is 11.9. The van der Waals surface area contributed by atoms with E-state index in [1.54, 1.807) is 48.5 Å². The number of hydrogen-bond donors (Lipinski definition) is 4. The number of carbonyl (C=O) groups excluding carboxylic acids is 3. The van der Waals surface area contributed by atoms with Gasteiger partial charge in [0.25, 0.3) is 0 Å². The lowest BCUT2D eigenvalue weighted by molar-refractivity contribution is -0.137. The zero-order chi connectivity index (χ0) is 26.4. The number of carbonyl (C=O) groups is 4. The second-order valence-electron chi connectivity index (χ2n) is 8.96. The molecule has 0 aromatic heterocycles. The third-order valence-electron chi connectivity index (χ3n) is 6.05. The molecule has 37 heavy (non-hydrogen) atoms. The molecule has 3 amide bonds. The molecule has 1 unspecified atom stereocenters. The van der Waals surface area contributed by atoms with Crippen LogP contribution in [0.25, 0.3) is 0 Å². The summed E-state index contributed by atoms with van der Waals surface area (Å²) in [5, 5.41) is 17.5. The molecule has 1 aliphatic rings. The van der Waals surface area contributed by atoms with Crippen molar-refractivity contribution in [2.45, 2.75) is 31.7 Å². The molecule has 0 aliphatic heterocycles. The Morgan fingerprint density at radius 2 is 1.57 bits per heavy atom. The van der Waals surface area contributed by atoms with E-state index in [4.69, 9.17) is 11.6 Å². The molecule has 4 N–H and O–H groups in total. The van der Waals surface area contributed by atoms with Gasteiger partial charge in [0.05, 0.1) is 11.3 Å². The van der Waals surface area contributed by atoms with Gasteiger partial charge in [0.15, 0.2) is 0 Å². The van der Waals surface area contributed by atoms with Crippen molar-refractivity contribution in [3.63, 3.8) is 0 Å². The summed E-state index contributed by atoms with van der Waals surface area (Å²) < 4.78 is 0. The van der Waals surface area contributed by atoms with Crippen LogP contribution < -0.4 is 16.0 Å². The summed E-state index contributed by atoms with van der Waals surface area (Å²) in [5.74, 6) is -3.24. The maximum Gasteiger partial charge on any atom is 0.337 e. The number of halogens is 1. The van der Waals surface area contributed by atoms with Crippen LogP contribution in [0.2, 0.25) is 5.02 Å². The van der Waals surface area contributed by atoms with E-state index in [1.807, 2.05) is 12.1 Å². The molecule has 190 valence electrons. The molecule has 0 spiro atoms. The van der Waals surface area contributed by atoms with Crippen molar-refractivity contribution >= 4 is 46.7 Å². The molecule has 3 aromatic carbocycles. The Labute approximate surface area is 219 Å². The summed E-state index contributed by atoms with van der Waals surface area (Å²) in [4.78, 5) is 50.4. The third-order valence-corrected chi connectivity index (χ3v) is 6.29. The molecule has 3 aromatic rings. The molecule has 1 saturated carbocycles. The van der Waals surface area contributed by atoms with Crippen LogP contribution in [0.1, 0.15) is 34.3 Å². The van der Waals surface area contributed by atoms with Gasteiger partial charge in [-0.25, -0.2) is 4.79 Å². The monoisotopic (exact) mass is 519 g/mol. The lowest BCUT2D eigenvalue weighted by Gasteiger charge is -2.19. The SMILES string of the molecule is O=C(Nc1cc(Cl)ccc1CC1CC1)C(=O)NC(Cc1ccccc1)C(=O)Nc1ccccc1C(=O)O. The smallest absolute Gasteiger partial charge is 0.337 e. The minimum Gasteiger partial charge on any atom is -0.478 e. The summed E-state index contributed by atoms with van der Waals surface area (Å²) >= 11 is 6.11. The van der Waals surface area contributed by atoms with Crippen LogP contribution in [-0.4, -0.2) is 34.8 Å². The average Bonchev–Trinajstić information content (AvgIpc) is 3.70. The van der Waals surface area contributed by atoms with Gasteiger partial charge >= 0.3 is 17.8 Å². The average molecular weight is 520 g/mol. The van der Waals surface area contributed by atoms with Crippen LogP contribution in [-0.2, 0) is 27.2 Å². The van der Waals surface area contributed by atoms with Gasteiger partial charge in [-0.15, -0.1) is 0 Å². The molecule has 1 fully saturated rings. The molecule has 8 nitrogen and oxygen atoms in total. The number of aromatic carboxylic acids is 1. The summed E-state index contributed by atoms with van der Waals surface area (Å²) in [6.07, 6.45) is 3.11. The Bertz CT molecular complexity index is 1320. The lowest BCUT2D eigenvalue weighted by Crippen LogP contribution is -2.49. The highest BCUT2D eigenvalue weighted by Gasteiger charge is 2.27. The highest BCUT2D eigenvalue weighted by molar-refractivity contribution is 6.40. The number of para-hydroxylation sites is 1. The highest BCUT2D eigenvalue weighted by Crippen LogP contribution is 2.35. The normalized spacial score (nSPS) is 13.3. The van der Waals surface area contributed by atoms with Gasteiger partial charge in [0.1, 0.15) is 6.04 Å². The number of hydrogen-bond acceptors (Lipinski definition) is 4. The molecule has 0 radical (unpaired) electrons. The van der Waals surface area contributed by atoms with Crippen molar-refractivity contribution in [3.05, 3.63) is 94.5 Å². The molecule has 9 heteroatoms. The van der Waals surface area contributed by atoms with Crippen LogP contribution in [0.3, 0.4) is 0 Å². The molecular formula is C28H26ClN3O5. The van der Waals surface area contributed by atoms with Crippen molar-refractivity contribution in [3.8, 4) is 0 Å². The van der Waals surface area contributed by atoms with E-state index in [9.17, 15) is 24.3 Å². The van der Waals surface area contributed by atoms with Gasteiger partial charge in [0, 0.05) is 17.1 Å². The van der Waals surface area contributed by atoms with Crippen LogP contribution in [0.5, 0.6) is 0 Å². The van der Waals surface area contributed by atoms with Gasteiger partial charge in [-0.3, -0.25) is 14.4 Å². The van der Waals surface area contributed by atoms with Gasteiger partial charge < -0.3 is 21.1 Å². The molecule has 0 heterocycles. The van der Waals surface area contributed by atoms with Gasteiger partial charge in [-0.05, 0) is 60.6 Å². The summed E-state index contributed by atoms with van der Waals surface area (Å²) in [6.45, 7) is 0. The van der Waals surface area contributed by atoms with Crippen molar-refractivity contribution in [2.75, 3.05) is 10.6 Å². The topological polar surface area (TPSA) is 125 Å². The molecule has 1 aliphatic carbocycles. The van der Waals surface area contributed by atoms with E-state index in [0.717, 1.165) is 30.4 Å². The predicted octanol–water partition coefficient (Wildman–Crippen LogP) is 4.30. The van der Waals surface area contributed by atoms with Gasteiger partial charge in [-0.2, -0.15) is 0 Å². The molecule has 1 atom stereocenters. The second-order valence-corrected chi connectivity index (χ2v) is 9.40. The van der Waals surface area contributed by atoms with Crippen LogP contribution in [0.15, 0.2) is 72.8 Å². The number of carboxylic acid groups (broad SMARTS) is 1. The maximum atomic E-state index is 13.2. The van der Waals surface area contributed by atoms with E-state index in [-0.39, 0.29) is 17.7 Å².